The SMILES string of the molecule is COc1cc([C@H](O)[C@@H]2C(=O)OC[C@H]2C2(c3ccco3)SCCCS2)cc(OC)c1OCc1ccccc1. The summed E-state index contributed by atoms with van der Waals surface area (Å²) >= 11 is 3.53. The van der Waals surface area contributed by atoms with E-state index in [1.165, 1.54) is 14.2 Å². The molecule has 2 aromatic carbocycles. The first kappa shape index (κ1) is 25.9. The summed E-state index contributed by atoms with van der Waals surface area (Å²) in [4.78, 5) is 13.1. The number of ether oxygens (including phenoxy) is 4. The Kier molecular flexibility index (Phi) is 7.92. The summed E-state index contributed by atoms with van der Waals surface area (Å²) in [6.45, 7) is 0.542. The molecule has 1 aromatic heterocycles. The van der Waals surface area contributed by atoms with Crippen LogP contribution in [-0.4, -0.2) is 43.4 Å². The number of carbonyl (C=O) groups is 1. The Hall–Kier alpha value is -2.75. The smallest absolute Gasteiger partial charge is 0.312 e. The van der Waals surface area contributed by atoms with Crippen LogP contribution in [0.25, 0.3) is 0 Å². The quantitative estimate of drug-likeness (QED) is 0.356. The number of thioether (sulfide) groups is 2. The Morgan fingerprint density at radius 3 is 2.38 bits per heavy atom. The molecule has 1 N–H and O–H groups in total. The maximum atomic E-state index is 13.1. The van der Waals surface area contributed by atoms with Gasteiger partial charge < -0.3 is 28.5 Å². The van der Waals surface area contributed by atoms with E-state index < -0.39 is 22.1 Å². The molecular weight excluding hydrogens is 512 g/mol. The monoisotopic (exact) mass is 542 g/mol. The van der Waals surface area contributed by atoms with Crippen LogP contribution in [0.5, 0.6) is 17.2 Å². The third kappa shape index (κ3) is 5.04. The van der Waals surface area contributed by atoms with Crippen LogP contribution in [-0.2, 0) is 20.2 Å². The third-order valence-electron chi connectivity index (χ3n) is 6.78. The normalized spacial score (nSPS) is 21.8. The highest BCUT2D eigenvalue weighted by Crippen LogP contribution is 2.60. The number of hydrogen-bond donors (Lipinski definition) is 1. The van der Waals surface area contributed by atoms with Crippen molar-refractivity contribution in [3.8, 4) is 17.2 Å². The number of aliphatic hydroxyl groups excluding tert-OH is 1. The zero-order valence-electron chi connectivity index (χ0n) is 20.8. The van der Waals surface area contributed by atoms with Gasteiger partial charge in [-0.1, -0.05) is 30.3 Å². The summed E-state index contributed by atoms with van der Waals surface area (Å²) < 4.78 is 28.2. The molecule has 0 bridgehead atoms. The number of hydrogen-bond acceptors (Lipinski definition) is 9. The minimum absolute atomic E-state index is 0.216. The third-order valence-corrected chi connectivity index (χ3v) is 10.3. The molecule has 2 aliphatic rings. The van der Waals surface area contributed by atoms with Gasteiger partial charge in [-0.25, -0.2) is 0 Å². The van der Waals surface area contributed by atoms with Gasteiger partial charge in [-0.2, -0.15) is 0 Å². The lowest BCUT2D eigenvalue weighted by atomic mass is 9.83. The number of benzene rings is 2. The van der Waals surface area contributed by atoms with Gasteiger partial charge in [0.05, 0.1) is 39.1 Å². The van der Waals surface area contributed by atoms with Gasteiger partial charge in [-0.05, 0) is 53.3 Å². The minimum atomic E-state index is -1.14. The van der Waals surface area contributed by atoms with E-state index in [0.717, 1.165) is 29.3 Å². The van der Waals surface area contributed by atoms with E-state index in [2.05, 4.69) is 0 Å². The molecule has 3 aromatic rings. The van der Waals surface area contributed by atoms with Crippen LogP contribution in [0, 0.1) is 11.8 Å². The average Bonchev–Trinajstić information content (AvgIpc) is 3.63. The van der Waals surface area contributed by atoms with Crippen LogP contribution in [0.15, 0.2) is 65.3 Å². The van der Waals surface area contributed by atoms with Crippen molar-refractivity contribution in [2.45, 2.75) is 23.2 Å². The van der Waals surface area contributed by atoms with Crippen LogP contribution < -0.4 is 14.2 Å². The molecule has 3 heterocycles. The van der Waals surface area contributed by atoms with Gasteiger partial charge >= 0.3 is 5.97 Å². The number of cyclic esters (lactones) is 1. The molecule has 2 saturated heterocycles. The summed E-state index contributed by atoms with van der Waals surface area (Å²) in [5, 5.41) is 11.6. The number of furan rings is 1. The first-order valence-corrected chi connectivity index (χ1v) is 14.1. The molecular formula is C28H30O7S2. The Labute approximate surface area is 224 Å². The fourth-order valence-corrected chi connectivity index (χ4v) is 8.52. The molecule has 0 unspecified atom stereocenters. The average molecular weight is 543 g/mol. The lowest BCUT2D eigenvalue weighted by Gasteiger charge is -2.40. The highest BCUT2D eigenvalue weighted by molar-refractivity contribution is 8.18. The van der Waals surface area contributed by atoms with Crippen LogP contribution >= 0.6 is 23.5 Å². The molecule has 3 atom stereocenters. The van der Waals surface area contributed by atoms with E-state index in [1.807, 2.05) is 42.5 Å². The lowest BCUT2D eigenvalue weighted by Crippen LogP contribution is -2.39. The van der Waals surface area contributed by atoms with Crippen molar-refractivity contribution >= 4 is 29.5 Å². The van der Waals surface area contributed by atoms with E-state index in [1.54, 1.807) is 41.9 Å². The van der Waals surface area contributed by atoms with E-state index in [4.69, 9.17) is 23.4 Å². The number of methoxy groups -OCH3 is 2. The molecule has 0 aliphatic carbocycles. The second-order valence-electron chi connectivity index (χ2n) is 8.93. The number of esters is 1. The Balaban J connectivity index is 1.47. The predicted octanol–water partition coefficient (Wildman–Crippen LogP) is 5.42. The fraction of sp³-hybridized carbons (Fsp3) is 0.393. The molecule has 9 heteroatoms. The summed E-state index contributed by atoms with van der Waals surface area (Å²) in [7, 11) is 3.07. The molecule has 196 valence electrons. The Morgan fingerprint density at radius 2 is 1.76 bits per heavy atom. The Morgan fingerprint density at radius 1 is 1.05 bits per heavy atom. The largest absolute Gasteiger partial charge is 0.493 e. The summed E-state index contributed by atoms with van der Waals surface area (Å²) in [6.07, 6.45) is 1.59. The maximum absolute atomic E-state index is 13.1. The zero-order valence-corrected chi connectivity index (χ0v) is 22.4. The van der Waals surface area contributed by atoms with Gasteiger partial charge in [0.2, 0.25) is 5.75 Å². The van der Waals surface area contributed by atoms with E-state index >= 15 is 0 Å². The highest BCUT2D eigenvalue weighted by Gasteiger charge is 2.56. The van der Waals surface area contributed by atoms with Crippen molar-refractivity contribution in [1.82, 2.24) is 0 Å². The minimum Gasteiger partial charge on any atom is -0.493 e. The highest BCUT2D eigenvalue weighted by atomic mass is 32.2. The predicted molar refractivity (Wildman–Crippen MR) is 143 cm³/mol. The zero-order chi connectivity index (χ0) is 25.8. The van der Waals surface area contributed by atoms with Crippen molar-refractivity contribution < 1.29 is 33.3 Å². The molecule has 7 nitrogen and oxygen atoms in total. The molecule has 37 heavy (non-hydrogen) atoms. The van der Waals surface area contributed by atoms with Gasteiger partial charge in [0.15, 0.2) is 11.5 Å². The van der Waals surface area contributed by atoms with E-state index in [-0.39, 0.29) is 12.5 Å². The standard InChI is InChI=1S/C28H30O7S2/c1-31-21-14-19(15-22(32-2)26(21)34-16-18-8-4-3-5-9-18)25(29)24-20(17-35-27(24)30)28(23-10-6-11-33-23)36-12-7-13-37-28/h3-6,8-11,14-15,20,24-25,29H,7,12-13,16-17H2,1-2H3/t20-,24-,25+/m1/s1. The van der Waals surface area contributed by atoms with Crippen LogP contribution in [0.3, 0.4) is 0 Å². The van der Waals surface area contributed by atoms with Gasteiger partial charge in [-0.15, -0.1) is 23.5 Å². The second kappa shape index (κ2) is 11.3. The van der Waals surface area contributed by atoms with E-state index in [9.17, 15) is 9.90 Å². The van der Waals surface area contributed by atoms with Crippen molar-refractivity contribution in [2.24, 2.45) is 11.8 Å². The summed E-state index contributed by atoms with van der Waals surface area (Å²) in [5.41, 5.74) is 1.49. The number of rotatable bonds is 9. The van der Waals surface area contributed by atoms with Crippen LogP contribution in [0.2, 0.25) is 0 Å². The number of carbonyl (C=O) groups excluding carboxylic acids is 1. The van der Waals surface area contributed by atoms with Gasteiger partial charge in [0, 0.05) is 5.92 Å². The van der Waals surface area contributed by atoms with Gasteiger partial charge in [0.25, 0.3) is 0 Å². The van der Waals surface area contributed by atoms with Crippen LogP contribution in [0.1, 0.15) is 29.4 Å². The summed E-state index contributed by atoms with van der Waals surface area (Å²) in [5.74, 6) is 2.44. The topological polar surface area (TPSA) is 87.4 Å². The molecule has 2 aliphatic heterocycles. The second-order valence-corrected chi connectivity index (χ2v) is 11.9. The molecule has 2 fully saturated rings. The van der Waals surface area contributed by atoms with Crippen molar-refractivity contribution in [3.05, 3.63) is 77.7 Å². The lowest BCUT2D eigenvalue weighted by molar-refractivity contribution is -0.144. The Bertz CT molecular complexity index is 1170. The van der Waals surface area contributed by atoms with E-state index in [0.29, 0.717) is 29.4 Å². The van der Waals surface area contributed by atoms with Gasteiger partial charge in [-0.3, -0.25) is 4.79 Å². The first-order valence-electron chi connectivity index (χ1n) is 12.2. The molecule has 0 spiro atoms. The maximum Gasteiger partial charge on any atom is 0.312 e. The van der Waals surface area contributed by atoms with Crippen molar-refractivity contribution in [2.75, 3.05) is 32.3 Å². The number of aliphatic hydroxyl groups is 1. The molecule has 0 amide bonds. The first-order chi connectivity index (χ1) is 18.1. The van der Waals surface area contributed by atoms with Crippen molar-refractivity contribution in [1.29, 1.82) is 0 Å². The van der Waals surface area contributed by atoms with Crippen LogP contribution in [0.4, 0.5) is 0 Å². The molecule has 5 rings (SSSR count). The summed E-state index contributed by atoms with van der Waals surface area (Å²) in [6, 6.07) is 17.0. The van der Waals surface area contributed by atoms with Crippen molar-refractivity contribution in [3.63, 3.8) is 0 Å². The van der Waals surface area contributed by atoms with Gasteiger partial charge in [0.1, 0.15) is 16.4 Å². The molecule has 0 saturated carbocycles. The fourth-order valence-electron chi connectivity index (χ4n) is 4.95. The molecule has 0 radical (unpaired) electrons.